The molecule has 0 saturated heterocycles. The van der Waals surface area contributed by atoms with Crippen molar-refractivity contribution < 1.29 is 0 Å². The van der Waals surface area contributed by atoms with E-state index in [0.717, 1.165) is 36.7 Å². The molecule has 1 N–H and O–H groups in total. The second-order valence-electron chi connectivity index (χ2n) is 4.86. The molecule has 1 atom stereocenters. The van der Waals surface area contributed by atoms with Gasteiger partial charge >= 0.3 is 0 Å². The van der Waals surface area contributed by atoms with Crippen molar-refractivity contribution in [1.29, 1.82) is 0 Å². The van der Waals surface area contributed by atoms with E-state index >= 15 is 0 Å². The minimum absolute atomic E-state index is 0.417. The topological polar surface area (TPSA) is 55.6 Å². The normalized spacial score (nSPS) is 18.4. The molecule has 2 aromatic heterocycles. The molecular formula is C13H17N5. The lowest BCUT2D eigenvalue weighted by Crippen LogP contribution is -2.31. The van der Waals surface area contributed by atoms with Crippen LogP contribution < -0.4 is 5.32 Å². The van der Waals surface area contributed by atoms with Crippen LogP contribution in [-0.4, -0.2) is 25.6 Å². The van der Waals surface area contributed by atoms with Gasteiger partial charge in [-0.2, -0.15) is 0 Å². The second-order valence-corrected chi connectivity index (χ2v) is 4.86. The van der Waals surface area contributed by atoms with Crippen LogP contribution in [0.2, 0.25) is 0 Å². The fourth-order valence-electron chi connectivity index (χ4n) is 2.49. The van der Waals surface area contributed by atoms with Crippen LogP contribution in [0.3, 0.4) is 0 Å². The van der Waals surface area contributed by atoms with Crippen LogP contribution in [0.1, 0.15) is 23.6 Å². The first kappa shape index (κ1) is 11.2. The summed E-state index contributed by atoms with van der Waals surface area (Å²) in [4.78, 5) is 12.9. The molecule has 18 heavy (non-hydrogen) atoms. The van der Waals surface area contributed by atoms with Gasteiger partial charge in [0.25, 0.3) is 0 Å². The highest BCUT2D eigenvalue weighted by Crippen LogP contribution is 2.17. The van der Waals surface area contributed by atoms with E-state index in [9.17, 15) is 0 Å². The van der Waals surface area contributed by atoms with Crippen molar-refractivity contribution in [2.75, 3.05) is 5.32 Å². The molecule has 3 rings (SSSR count). The summed E-state index contributed by atoms with van der Waals surface area (Å²) < 4.78 is 2.21. The van der Waals surface area contributed by atoms with Crippen LogP contribution >= 0.6 is 0 Å². The fourth-order valence-corrected chi connectivity index (χ4v) is 2.49. The Balaban J connectivity index is 1.74. The first-order chi connectivity index (χ1) is 8.70. The van der Waals surface area contributed by atoms with Gasteiger partial charge in [0.1, 0.15) is 11.6 Å². The summed E-state index contributed by atoms with van der Waals surface area (Å²) in [6.07, 6.45) is 6.05. The predicted octanol–water partition coefficient (Wildman–Crippen LogP) is 1.72. The number of aromatic nitrogens is 4. The van der Waals surface area contributed by atoms with Crippen molar-refractivity contribution in [3.63, 3.8) is 0 Å². The third-order valence-corrected chi connectivity index (χ3v) is 3.28. The molecule has 0 fully saturated rings. The lowest BCUT2D eigenvalue weighted by molar-refractivity contribution is 0.483. The number of nitrogens with zero attached hydrogens (tertiary/aromatic N) is 4. The van der Waals surface area contributed by atoms with Gasteiger partial charge in [0, 0.05) is 36.2 Å². The van der Waals surface area contributed by atoms with Gasteiger partial charge in [-0.3, -0.25) is 0 Å². The Labute approximate surface area is 106 Å². The minimum Gasteiger partial charge on any atom is -0.365 e. The van der Waals surface area contributed by atoms with Gasteiger partial charge in [0.05, 0.1) is 6.33 Å². The Morgan fingerprint density at radius 2 is 2.22 bits per heavy atom. The zero-order valence-electron chi connectivity index (χ0n) is 10.7. The third kappa shape index (κ3) is 2.20. The van der Waals surface area contributed by atoms with Crippen molar-refractivity contribution in [3.8, 4) is 0 Å². The minimum atomic E-state index is 0.417. The third-order valence-electron chi connectivity index (χ3n) is 3.28. The molecule has 2 aromatic rings. The Morgan fingerprint density at radius 1 is 1.33 bits per heavy atom. The summed E-state index contributed by atoms with van der Waals surface area (Å²) in [5.74, 6) is 1.74. The first-order valence-electron chi connectivity index (χ1n) is 6.28. The lowest BCUT2D eigenvalue weighted by Gasteiger charge is -2.25. The van der Waals surface area contributed by atoms with Crippen LogP contribution in [0.4, 0.5) is 5.82 Å². The largest absolute Gasteiger partial charge is 0.365 e. The van der Waals surface area contributed by atoms with Gasteiger partial charge in [0.2, 0.25) is 0 Å². The van der Waals surface area contributed by atoms with Crippen molar-refractivity contribution in [2.45, 2.75) is 39.3 Å². The number of hydrogen-bond acceptors (Lipinski definition) is 4. The van der Waals surface area contributed by atoms with Gasteiger partial charge in [-0.05, 0) is 26.7 Å². The van der Waals surface area contributed by atoms with Gasteiger partial charge < -0.3 is 9.88 Å². The molecule has 0 aromatic carbocycles. The maximum absolute atomic E-state index is 4.42. The number of anilines is 1. The maximum Gasteiger partial charge on any atom is 0.130 e. The summed E-state index contributed by atoms with van der Waals surface area (Å²) >= 11 is 0. The Morgan fingerprint density at radius 3 is 3.06 bits per heavy atom. The molecule has 94 valence electrons. The fraction of sp³-hybridized carbons (Fsp3) is 0.462. The van der Waals surface area contributed by atoms with Crippen LogP contribution in [-0.2, 0) is 13.0 Å². The maximum atomic E-state index is 4.42. The van der Waals surface area contributed by atoms with E-state index in [0.29, 0.717) is 6.04 Å². The monoisotopic (exact) mass is 243 g/mol. The number of rotatable bonds is 2. The number of imidazole rings is 1. The Kier molecular flexibility index (Phi) is 2.74. The van der Waals surface area contributed by atoms with Gasteiger partial charge in [0.15, 0.2) is 0 Å². The zero-order chi connectivity index (χ0) is 12.5. The Bertz CT molecular complexity index is 540. The van der Waals surface area contributed by atoms with E-state index in [1.165, 1.54) is 5.69 Å². The number of fused-ring (bicyclic) bond motifs is 1. The Hall–Kier alpha value is -1.91. The van der Waals surface area contributed by atoms with Gasteiger partial charge in [-0.1, -0.05) is 0 Å². The number of aryl methyl sites for hydroxylation is 3. The van der Waals surface area contributed by atoms with E-state index in [4.69, 9.17) is 0 Å². The van der Waals surface area contributed by atoms with Crippen molar-refractivity contribution in [3.05, 3.63) is 35.8 Å². The molecule has 0 saturated carbocycles. The molecule has 3 heterocycles. The predicted molar refractivity (Wildman–Crippen MR) is 69.5 cm³/mol. The van der Waals surface area contributed by atoms with E-state index in [1.807, 2.05) is 32.4 Å². The van der Waals surface area contributed by atoms with E-state index in [-0.39, 0.29) is 0 Å². The van der Waals surface area contributed by atoms with E-state index in [1.54, 1.807) is 0 Å². The summed E-state index contributed by atoms with van der Waals surface area (Å²) in [5.41, 5.74) is 2.33. The highest BCUT2D eigenvalue weighted by Gasteiger charge is 2.18. The molecule has 1 unspecified atom stereocenters. The molecule has 0 bridgehead atoms. The summed E-state index contributed by atoms with van der Waals surface area (Å²) in [6.45, 7) is 4.87. The average molecular weight is 243 g/mol. The SMILES string of the molecule is Cc1cc(NC2CCc3cncn3C2)nc(C)n1. The number of hydrogen-bond donors (Lipinski definition) is 1. The molecule has 0 radical (unpaired) electrons. The molecule has 1 aliphatic heterocycles. The molecule has 1 aliphatic rings. The van der Waals surface area contributed by atoms with Gasteiger partial charge in [-0.25, -0.2) is 15.0 Å². The van der Waals surface area contributed by atoms with Gasteiger partial charge in [-0.15, -0.1) is 0 Å². The average Bonchev–Trinajstić information content (AvgIpc) is 2.74. The molecule has 5 nitrogen and oxygen atoms in total. The van der Waals surface area contributed by atoms with E-state index < -0.39 is 0 Å². The van der Waals surface area contributed by atoms with Crippen molar-refractivity contribution in [2.24, 2.45) is 0 Å². The molecular weight excluding hydrogens is 226 g/mol. The summed E-state index contributed by atoms with van der Waals surface area (Å²) in [7, 11) is 0. The zero-order valence-corrected chi connectivity index (χ0v) is 10.7. The second kappa shape index (κ2) is 4.40. The highest BCUT2D eigenvalue weighted by molar-refractivity contribution is 5.37. The quantitative estimate of drug-likeness (QED) is 0.872. The van der Waals surface area contributed by atoms with Crippen LogP contribution in [0.15, 0.2) is 18.6 Å². The number of nitrogens with one attached hydrogen (secondary N) is 1. The molecule has 0 amide bonds. The van der Waals surface area contributed by atoms with Crippen molar-refractivity contribution >= 4 is 5.82 Å². The summed E-state index contributed by atoms with van der Waals surface area (Å²) in [6, 6.07) is 2.41. The smallest absolute Gasteiger partial charge is 0.130 e. The van der Waals surface area contributed by atoms with E-state index in [2.05, 4.69) is 24.8 Å². The standard InChI is InChI=1S/C13H17N5/c1-9-5-13(16-10(2)15-9)17-11-3-4-12-6-14-8-18(12)7-11/h5-6,8,11H,3-4,7H2,1-2H3,(H,15,16,17). The molecule has 5 heteroatoms. The first-order valence-corrected chi connectivity index (χ1v) is 6.28. The lowest BCUT2D eigenvalue weighted by atomic mass is 10.1. The summed E-state index contributed by atoms with van der Waals surface area (Å²) in [5, 5.41) is 3.49. The van der Waals surface area contributed by atoms with Crippen LogP contribution in [0.25, 0.3) is 0 Å². The highest BCUT2D eigenvalue weighted by atomic mass is 15.1. The molecule has 0 spiro atoms. The van der Waals surface area contributed by atoms with Crippen molar-refractivity contribution in [1.82, 2.24) is 19.5 Å². The van der Waals surface area contributed by atoms with Crippen LogP contribution in [0, 0.1) is 13.8 Å². The van der Waals surface area contributed by atoms with Crippen LogP contribution in [0.5, 0.6) is 0 Å². The molecule has 0 aliphatic carbocycles.